The van der Waals surface area contributed by atoms with Crippen LogP contribution in [0.4, 0.5) is 5.69 Å². The predicted octanol–water partition coefficient (Wildman–Crippen LogP) is 4.00. The Hall–Kier alpha value is -2.39. The monoisotopic (exact) mass is 311 g/mol. The molecule has 4 heteroatoms. The maximum atomic E-state index is 12.6. The number of aryl methyl sites for hydroxylation is 1. The summed E-state index contributed by atoms with van der Waals surface area (Å²) in [7, 11) is 0. The zero-order valence-corrected chi connectivity index (χ0v) is 13.0. The topological polar surface area (TPSA) is 37.4 Å². The molecule has 0 radical (unpaired) electrons. The summed E-state index contributed by atoms with van der Waals surface area (Å²) in [5, 5.41) is 0.362. The highest BCUT2D eigenvalue weighted by Crippen LogP contribution is 2.42. The lowest BCUT2D eigenvalue weighted by Crippen LogP contribution is -2.31. The zero-order chi connectivity index (χ0) is 15.9. The van der Waals surface area contributed by atoms with Gasteiger partial charge in [0.1, 0.15) is 0 Å². The van der Waals surface area contributed by atoms with Crippen molar-refractivity contribution in [3.05, 3.63) is 65.2 Å². The third-order valence-corrected chi connectivity index (χ3v) is 4.08. The molecule has 1 heterocycles. The summed E-state index contributed by atoms with van der Waals surface area (Å²) in [5.74, 6) is -0.694. The maximum absolute atomic E-state index is 12.6. The highest BCUT2D eigenvalue weighted by atomic mass is 35.5. The van der Waals surface area contributed by atoms with E-state index in [0.29, 0.717) is 21.9 Å². The van der Waals surface area contributed by atoms with Gasteiger partial charge in [-0.2, -0.15) is 0 Å². The van der Waals surface area contributed by atoms with Gasteiger partial charge in [0.25, 0.3) is 5.91 Å². The van der Waals surface area contributed by atoms with E-state index < -0.39 is 0 Å². The average molecular weight is 312 g/mol. The first-order valence-corrected chi connectivity index (χ1v) is 7.29. The Morgan fingerprint density at radius 1 is 1.05 bits per heavy atom. The van der Waals surface area contributed by atoms with Crippen LogP contribution in [0, 0.1) is 6.92 Å². The number of para-hydroxylation sites is 1. The number of fused-ring (bicyclic) bond motifs is 1. The van der Waals surface area contributed by atoms with Crippen LogP contribution in [-0.2, 0) is 9.59 Å². The van der Waals surface area contributed by atoms with Gasteiger partial charge in [0.15, 0.2) is 0 Å². The van der Waals surface area contributed by atoms with E-state index in [1.54, 1.807) is 12.1 Å². The van der Waals surface area contributed by atoms with Gasteiger partial charge >= 0.3 is 0 Å². The standard InChI is InChI=1S/C18H14ClNO2/c1-11-7-9-13(10-8-11)17(19)16-14-5-3-4-6-15(14)20(12(2)21)18(16)22/h3-10H,1-2H3/b17-16+. The van der Waals surface area contributed by atoms with E-state index in [0.717, 1.165) is 11.1 Å². The number of hydrogen-bond donors (Lipinski definition) is 0. The number of benzene rings is 2. The second kappa shape index (κ2) is 5.43. The van der Waals surface area contributed by atoms with E-state index >= 15 is 0 Å². The number of hydrogen-bond acceptors (Lipinski definition) is 2. The minimum Gasteiger partial charge on any atom is -0.274 e. The van der Waals surface area contributed by atoms with Crippen LogP contribution in [0.1, 0.15) is 23.6 Å². The lowest BCUT2D eigenvalue weighted by atomic mass is 10.0. The van der Waals surface area contributed by atoms with Gasteiger partial charge in [-0.3, -0.25) is 9.59 Å². The highest BCUT2D eigenvalue weighted by molar-refractivity contribution is 6.60. The molecule has 110 valence electrons. The van der Waals surface area contributed by atoms with Crippen LogP contribution in [0.15, 0.2) is 48.5 Å². The van der Waals surface area contributed by atoms with Crippen LogP contribution in [0.5, 0.6) is 0 Å². The number of rotatable bonds is 1. The van der Waals surface area contributed by atoms with Crippen LogP contribution < -0.4 is 4.90 Å². The van der Waals surface area contributed by atoms with Crippen molar-refractivity contribution < 1.29 is 9.59 Å². The van der Waals surface area contributed by atoms with Crippen LogP contribution in [0.2, 0.25) is 0 Å². The van der Waals surface area contributed by atoms with Crippen LogP contribution in [-0.4, -0.2) is 11.8 Å². The lowest BCUT2D eigenvalue weighted by molar-refractivity contribution is -0.122. The second-order valence-electron chi connectivity index (χ2n) is 5.23. The molecule has 0 saturated heterocycles. The Labute approximate surface area is 133 Å². The fourth-order valence-corrected chi connectivity index (χ4v) is 2.89. The van der Waals surface area contributed by atoms with Crippen molar-refractivity contribution in [2.45, 2.75) is 13.8 Å². The molecule has 2 aromatic rings. The molecule has 0 aliphatic carbocycles. The summed E-state index contributed by atoms with van der Waals surface area (Å²) in [6.07, 6.45) is 0. The Bertz CT molecular complexity index is 806. The number of carbonyl (C=O) groups excluding carboxylic acids is 2. The van der Waals surface area contributed by atoms with E-state index in [1.807, 2.05) is 43.3 Å². The van der Waals surface area contributed by atoms with E-state index in [9.17, 15) is 9.59 Å². The fourth-order valence-electron chi connectivity index (χ4n) is 2.59. The maximum Gasteiger partial charge on any atom is 0.267 e. The molecule has 0 saturated carbocycles. The number of anilines is 1. The summed E-state index contributed by atoms with van der Waals surface area (Å²) in [4.78, 5) is 25.6. The van der Waals surface area contributed by atoms with Crippen molar-refractivity contribution >= 4 is 39.7 Å². The van der Waals surface area contributed by atoms with Crippen LogP contribution >= 0.6 is 11.6 Å². The molecule has 3 rings (SSSR count). The predicted molar refractivity (Wildman–Crippen MR) is 88.5 cm³/mol. The molecule has 2 amide bonds. The Balaban J connectivity index is 2.22. The van der Waals surface area contributed by atoms with Gasteiger partial charge in [-0.1, -0.05) is 59.6 Å². The zero-order valence-electron chi connectivity index (χ0n) is 12.3. The molecule has 2 aromatic carbocycles. The van der Waals surface area contributed by atoms with Crippen molar-refractivity contribution in [2.75, 3.05) is 4.90 Å². The largest absolute Gasteiger partial charge is 0.274 e. The van der Waals surface area contributed by atoms with Crippen molar-refractivity contribution in [3.8, 4) is 0 Å². The molecular formula is C18H14ClNO2. The molecule has 0 unspecified atom stereocenters. The highest BCUT2D eigenvalue weighted by Gasteiger charge is 2.36. The van der Waals surface area contributed by atoms with E-state index in [2.05, 4.69) is 0 Å². The lowest BCUT2D eigenvalue weighted by Gasteiger charge is -2.11. The molecule has 0 bridgehead atoms. The number of halogens is 1. The third-order valence-electron chi connectivity index (χ3n) is 3.67. The minimum absolute atomic E-state index is 0.319. The summed E-state index contributed by atoms with van der Waals surface area (Å²) < 4.78 is 0. The van der Waals surface area contributed by atoms with Gasteiger partial charge in [-0.05, 0) is 18.6 Å². The normalized spacial score (nSPS) is 15.8. The second-order valence-corrected chi connectivity index (χ2v) is 5.61. The first-order valence-electron chi connectivity index (χ1n) is 6.92. The van der Waals surface area contributed by atoms with Gasteiger partial charge < -0.3 is 0 Å². The van der Waals surface area contributed by atoms with Crippen molar-refractivity contribution in [2.24, 2.45) is 0 Å². The Morgan fingerprint density at radius 3 is 2.32 bits per heavy atom. The summed E-state index contributed by atoms with van der Waals surface area (Å²) >= 11 is 6.48. The van der Waals surface area contributed by atoms with Crippen molar-refractivity contribution in [1.29, 1.82) is 0 Å². The molecule has 0 atom stereocenters. The Morgan fingerprint density at radius 2 is 1.68 bits per heavy atom. The number of carbonyl (C=O) groups is 2. The minimum atomic E-state index is -0.376. The fraction of sp³-hybridized carbons (Fsp3) is 0.111. The first-order chi connectivity index (χ1) is 10.5. The smallest absolute Gasteiger partial charge is 0.267 e. The molecule has 0 N–H and O–H groups in total. The summed E-state index contributed by atoms with van der Waals surface area (Å²) in [5.41, 5.74) is 3.52. The van der Waals surface area contributed by atoms with Gasteiger partial charge in [-0.15, -0.1) is 0 Å². The van der Waals surface area contributed by atoms with Gasteiger partial charge in [0, 0.05) is 12.5 Å². The van der Waals surface area contributed by atoms with Crippen molar-refractivity contribution in [1.82, 2.24) is 0 Å². The van der Waals surface area contributed by atoms with Crippen molar-refractivity contribution in [3.63, 3.8) is 0 Å². The van der Waals surface area contributed by atoms with Gasteiger partial charge in [0.2, 0.25) is 5.91 Å². The number of amides is 2. The van der Waals surface area contributed by atoms with E-state index in [1.165, 1.54) is 11.8 Å². The summed E-state index contributed by atoms with van der Waals surface area (Å²) in [6, 6.07) is 14.8. The Kier molecular flexibility index (Phi) is 3.59. The van der Waals surface area contributed by atoms with Gasteiger partial charge in [-0.25, -0.2) is 4.90 Å². The number of imide groups is 1. The average Bonchev–Trinajstić information content (AvgIpc) is 2.79. The molecule has 1 aliphatic rings. The van der Waals surface area contributed by atoms with E-state index in [4.69, 9.17) is 11.6 Å². The molecule has 3 nitrogen and oxygen atoms in total. The van der Waals surface area contributed by atoms with Crippen LogP contribution in [0.3, 0.4) is 0 Å². The van der Waals surface area contributed by atoms with E-state index in [-0.39, 0.29) is 11.8 Å². The summed E-state index contributed by atoms with van der Waals surface area (Å²) in [6.45, 7) is 3.36. The SMILES string of the molecule is CC(=O)N1C(=O)/C(=C(/Cl)c2ccc(C)cc2)c2ccccc21. The molecule has 0 spiro atoms. The quantitative estimate of drug-likeness (QED) is 0.747. The molecule has 0 fully saturated rings. The first kappa shape index (κ1) is 14.5. The third kappa shape index (κ3) is 2.24. The van der Waals surface area contributed by atoms with Crippen LogP contribution in [0.25, 0.3) is 10.6 Å². The molecule has 22 heavy (non-hydrogen) atoms. The molecule has 0 aromatic heterocycles. The number of nitrogens with zero attached hydrogens (tertiary/aromatic N) is 1. The van der Waals surface area contributed by atoms with Gasteiger partial charge in [0.05, 0.1) is 16.3 Å². The molecule has 1 aliphatic heterocycles. The molecular weight excluding hydrogens is 298 g/mol.